The lowest BCUT2D eigenvalue weighted by atomic mass is 10.1. The van der Waals surface area contributed by atoms with Crippen molar-refractivity contribution in [2.45, 2.75) is 19.4 Å². The third kappa shape index (κ3) is 2.63. The molecule has 1 N–H and O–H groups in total. The zero-order chi connectivity index (χ0) is 15.6. The normalized spacial score (nSPS) is 12.9. The Hall–Kier alpha value is -2.88. The van der Waals surface area contributed by atoms with Crippen molar-refractivity contribution in [1.82, 2.24) is 9.55 Å². The molecule has 2 heterocycles. The topological polar surface area (TPSA) is 46.9 Å². The van der Waals surface area contributed by atoms with Gasteiger partial charge in [-0.05, 0) is 36.2 Å². The number of amides is 1. The minimum Gasteiger partial charge on any atom is -0.328 e. The van der Waals surface area contributed by atoms with Crippen molar-refractivity contribution in [2.75, 3.05) is 5.32 Å². The number of nitrogens with one attached hydrogen (secondary N) is 1. The summed E-state index contributed by atoms with van der Waals surface area (Å²) in [6.45, 7) is 1.04. The van der Waals surface area contributed by atoms with Gasteiger partial charge in [-0.1, -0.05) is 30.3 Å². The Bertz CT molecular complexity index is 835. The minimum absolute atomic E-state index is 0.0939. The van der Waals surface area contributed by atoms with Crippen LogP contribution in [0.15, 0.2) is 60.8 Å². The highest BCUT2D eigenvalue weighted by atomic mass is 16.1. The first kappa shape index (κ1) is 13.8. The molecule has 0 unspecified atom stereocenters. The van der Waals surface area contributed by atoms with Gasteiger partial charge in [0, 0.05) is 24.2 Å². The van der Waals surface area contributed by atoms with E-state index in [1.807, 2.05) is 48.7 Å². The fourth-order valence-electron chi connectivity index (χ4n) is 3.01. The molecule has 1 amide bonds. The highest BCUT2D eigenvalue weighted by Crippen LogP contribution is 2.26. The lowest BCUT2D eigenvalue weighted by Crippen LogP contribution is -2.11. The lowest BCUT2D eigenvalue weighted by Gasteiger charge is -2.08. The highest BCUT2D eigenvalue weighted by molar-refractivity contribution is 6.04. The zero-order valence-corrected chi connectivity index (χ0v) is 12.7. The van der Waals surface area contributed by atoms with Crippen LogP contribution in [0.1, 0.15) is 22.6 Å². The Labute approximate surface area is 134 Å². The van der Waals surface area contributed by atoms with Crippen LogP contribution in [0.2, 0.25) is 0 Å². The molecule has 0 aliphatic carbocycles. The van der Waals surface area contributed by atoms with Gasteiger partial charge in [0.25, 0.3) is 5.91 Å². The molecule has 1 aliphatic rings. The van der Waals surface area contributed by atoms with Gasteiger partial charge in [-0.2, -0.15) is 0 Å². The predicted octanol–water partition coefficient (Wildman–Crippen LogP) is 3.75. The molecule has 4 heteroatoms. The van der Waals surface area contributed by atoms with E-state index in [1.165, 1.54) is 12.2 Å². The number of carbonyl (C=O) groups excluding carboxylic acids is 1. The third-order valence-electron chi connectivity index (χ3n) is 4.19. The molecule has 0 saturated heterocycles. The van der Waals surface area contributed by atoms with Gasteiger partial charge in [-0.25, -0.2) is 4.98 Å². The number of aromatic nitrogens is 2. The molecule has 114 valence electrons. The number of aryl methyl sites for hydroxylation is 1. The van der Waals surface area contributed by atoms with Crippen molar-refractivity contribution in [2.24, 2.45) is 0 Å². The van der Waals surface area contributed by atoms with Crippen molar-refractivity contribution < 1.29 is 4.79 Å². The average molecular weight is 303 g/mol. The summed E-state index contributed by atoms with van der Waals surface area (Å²) in [5.41, 5.74) is 3.73. The van der Waals surface area contributed by atoms with Crippen molar-refractivity contribution in [3.63, 3.8) is 0 Å². The molecule has 23 heavy (non-hydrogen) atoms. The number of fused-ring (bicyclic) bond motifs is 1. The van der Waals surface area contributed by atoms with Gasteiger partial charge in [0.1, 0.15) is 5.82 Å². The summed E-state index contributed by atoms with van der Waals surface area (Å²) in [5.74, 6) is 1.07. The lowest BCUT2D eigenvalue weighted by molar-refractivity contribution is 0.102. The molecule has 0 bridgehead atoms. The second-order valence-electron chi connectivity index (χ2n) is 5.71. The van der Waals surface area contributed by atoms with Gasteiger partial charge in [0.05, 0.1) is 11.9 Å². The second kappa shape index (κ2) is 5.72. The molecule has 3 aromatic rings. The van der Waals surface area contributed by atoms with E-state index in [9.17, 15) is 4.79 Å². The summed E-state index contributed by atoms with van der Waals surface area (Å²) < 4.78 is 2.28. The highest BCUT2D eigenvalue weighted by Gasteiger charge is 2.16. The van der Waals surface area contributed by atoms with Crippen molar-refractivity contribution in [3.8, 4) is 11.3 Å². The molecule has 1 aliphatic heterocycles. The molecular weight excluding hydrogens is 286 g/mol. The Kier molecular flexibility index (Phi) is 3.42. The smallest absolute Gasteiger partial charge is 0.255 e. The molecule has 0 spiro atoms. The van der Waals surface area contributed by atoms with Crippen molar-refractivity contribution >= 4 is 11.6 Å². The SMILES string of the molecule is O=C(Nc1ccc(-c2cnc3n2CCC3)cc1)c1ccccc1. The van der Waals surface area contributed by atoms with Crippen LogP contribution in [0.4, 0.5) is 5.69 Å². The zero-order valence-electron chi connectivity index (χ0n) is 12.7. The standard InChI is InChI=1S/C19H17N3O/c23-19(15-5-2-1-3-6-15)21-16-10-8-14(9-11-16)17-13-20-18-7-4-12-22(17)18/h1-3,5-6,8-11,13H,4,7,12H2,(H,21,23). The molecule has 1 aromatic heterocycles. The number of nitrogens with zero attached hydrogens (tertiary/aromatic N) is 2. The quantitative estimate of drug-likeness (QED) is 0.801. The summed E-state index contributed by atoms with van der Waals surface area (Å²) in [6, 6.07) is 17.2. The third-order valence-corrected chi connectivity index (χ3v) is 4.19. The van der Waals surface area contributed by atoms with Crippen molar-refractivity contribution in [1.29, 1.82) is 0 Å². The maximum absolute atomic E-state index is 12.2. The molecule has 0 atom stereocenters. The molecule has 0 radical (unpaired) electrons. The maximum atomic E-state index is 12.2. The number of rotatable bonds is 3. The number of benzene rings is 2. The summed E-state index contributed by atoms with van der Waals surface area (Å²) >= 11 is 0. The van der Waals surface area contributed by atoms with E-state index >= 15 is 0 Å². The molecule has 0 fully saturated rings. The van der Waals surface area contributed by atoms with Gasteiger partial charge in [-0.15, -0.1) is 0 Å². The summed E-state index contributed by atoms with van der Waals surface area (Å²) in [7, 11) is 0. The van der Waals surface area contributed by atoms with Crippen LogP contribution >= 0.6 is 0 Å². The Morgan fingerprint density at radius 3 is 2.61 bits per heavy atom. The first-order valence-corrected chi connectivity index (χ1v) is 7.82. The monoisotopic (exact) mass is 303 g/mol. The maximum Gasteiger partial charge on any atom is 0.255 e. The first-order chi connectivity index (χ1) is 11.3. The van der Waals surface area contributed by atoms with Crippen molar-refractivity contribution in [3.05, 3.63) is 72.2 Å². The van der Waals surface area contributed by atoms with E-state index in [0.29, 0.717) is 5.56 Å². The first-order valence-electron chi connectivity index (χ1n) is 7.82. The van der Waals surface area contributed by atoms with E-state index in [0.717, 1.165) is 29.9 Å². The fourth-order valence-corrected chi connectivity index (χ4v) is 3.01. The Balaban J connectivity index is 1.53. The van der Waals surface area contributed by atoms with Crippen LogP contribution in [0.25, 0.3) is 11.3 Å². The molecular formula is C19H17N3O. The van der Waals surface area contributed by atoms with E-state index in [4.69, 9.17) is 0 Å². The van der Waals surface area contributed by atoms with E-state index in [1.54, 1.807) is 12.1 Å². The van der Waals surface area contributed by atoms with Crippen LogP contribution < -0.4 is 5.32 Å². The van der Waals surface area contributed by atoms with Crippen LogP contribution in [0, 0.1) is 0 Å². The molecule has 2 aromatic carbocycles. The number of imidazole rings is 1. The van der Waals surface area contributed by atoms with Crippen LogP contribution in [0.5, 0.6) is 0 Å². The number of carbonyl (C=O) groups is 1. The fraction of sp³-hybridized carbons (Fsp3) is 0.158. The van der Waals surface area contributed by atoms with Gasteiger partial charge in [-0.3, -0.25) is 4.79 Å². The number of hydrogen-bond acceptors (Lipinski definition) is 2. The van der Waals surface area contributed by atoms with Gasteiger partial charge < -0.3 is 9.88 Å². The average Bonchev–Trinajstić information content (AvgIpc) is 3.20. The van der Waals surface area contributed by atoms with Crippen LogP contribution in [-0.2, 0) is 13.0 Å². The van der Waals surface area contributed by atoms with Gasteiger partial charge in [0.2, 0.25) is 0 Å². The molecule has 4 nitrogen and oxygen atoms in total. The van der Waals surface area contributed by atoms with E-state index < -0.39 is 0 Å². The summed E-state index contributed by atoms with van der Waals surface area (Å²) in [6.07, 6.45) is 4.17. The summed E-state index contributed by atoms with van der Waals surface area (Å²) in [5, 5.41) is 2.92. The van der Waals surface area contributed by atoms with E-state index in [2.05, 4.69) is 14.9 Å². The number of hydrogen-bond donors (Lipinski definition) is 1. The molecule has 4 rings (SSSR count). The van der Waals surface area contributed by atoms with Crippen LogP contribution in [-0.4, -0.2) is 15.5 Å². The summed E-state index contributed by atoms with van der Waals surface area (Å²) in [4.78, 5) is 16.6. The number of anilines is 1. The second-order valence-corrected chi connectivity index (χ2v) is 5.71. The van der Waals surface area contributed by atoms with Gasteiger partial charge >= 0.3 is 0 Å². The largest absolute Gasteiger partial charge is 0.328 e. The molecule has 0 saturated carbocycles. The van der Waals surface area contributed by atoms with Crippen LogP contribution in [0.3, 0.4) is 0 Å². The van der Waals surface area contributed by atoms with Gasteiger partial charge in [0.15, 0.2) is 0 Å². The van der Waals surface area contributed by atoms with E-state index in [-0.39, 0.29) is 5.91 Å². The Morgan fingerprint density at radius 2 is 1.83 bits per heavy atom. The minimum atomic E-state index is -0.0939. The Morgan fingerprint density at radius 1 is 1.04 bits per heavy atom. The predicted molar refractivity (Wildman–Crippen MR) is 90.4 cm³/mol.